The first-order valence-corrected chi connectivity index (χ1v) is 8.24. The van der Waals surface area contributed by atoms with E-state index in [1.165, 1.54) is 32.1 Å². The second-order valence-corrected chi connectivity index (χ2v) is 6.70. The molecule has 19 heavy (non-hydrogen) atoms. The van der Waals surface area contributed by atoms with Crippen LogP contribution in [0, 0.1) is 5.92 Å². The minimum Gasteiger partial charge on any atom is -0.329 e. The molecule has 1 heterocycles. The molecule has 1 fully saturated rings. The molecule has 0 bridgehead atoms. The molecule has 0 aromatic carbocycles. The highest BCUT2D eigenvalue weighted by Gasteiger charge is 2.34. The molecule has 0 aromatic heterocycles. The van der Waals surface area contributed by atoms with E-state index in [0.717, 1.165) is 18.9 Å². The minimum absolute atomic E-state index is 0.0787. The lowest BCUT2D eigenvalue weighted by Gasteiger charge is -2.47. The van der Waals surface area contributed by atoms with Gasteiger partial charge in [-0.15, -0.1) is 0 Å². The fraction of sp³-hybridized carbons (Fsp3) is 1.00. The van der Waals surface area contributed by atoms with Crippen LogP contribution in [0.1, 0.15) is 73.1 Å². The number of piperidine rings is 1. The van der Waals surface area contributed by atoms with Crippen molar-refractivity contribution in [3.8, 4) is 0 Å². The molecule has 3 heteroatoms. The standard InChI is InChI=1S/C16H35N3/c1-6-13(3)11-16(7-2,12-17)18-19-14(4)9-8-10-15(19)5/h13-15,18H,6-12,17H2,1-5H3. The van der Waals surface area contributed by atoms with Crippen molar-refractivity contribution in [3.05, 3.63) is 0 Å². The fourth-order valence-electron chi connectivity index (χ4n) is 3.27. The maximum Gasteiger partial charge on any atom is 0.0448 e. The van der Waals surface area contributed by atoms with Gasteiger partial charge in [-0.1, -0.05) is 33.6 Å². The topological polar surface area (TPSA) is 41.3 Å². The summed E-state index contributed by atoms with van der Waals surface area (Å²) in [6, 6.07) is 1.25. The third kappa shape index (κ3) is 4.44. The Morgan fingerprint density at radius 2 is 1.84 bits per heavy atom. The highest BCUT2D eigenvalue weighted by Crippen LogP contribution is 2.27. The summed E-state index contributed by atoms with van der Waals surface area (Å²) in [4.78, 5) is 0. The number of hydrogen-bond acceptors (Lipinski definition) is 3. The second kappa shape index (κ2) is 7.61. The predicted octanol–water partition coefficient (Wildman–Crippen LogP) is 3.30. The largest absolute Gasteiger partial charge is 0.329 e. The SMILES string of the molecule is CCC(C)CC(CC)(CN)NN1C(C)CCCC1C. The van der Waals surface area contributed by atoms with E-state index in [2.05, 4.69) is 45.1 Å². The van der Waals surface area contributed by atoms with E-state index >= 15 is 0 Å². The number of nitrogens with two attached hydrogens (primary N) is 1. The lowest BCUT2D eigenvalue weighted by Crippen LogP contribution is -2.63. The summed E-state index contributed by atoms with van der Waals surface area (Å²) in [6.07, 6.45) is 7.45. The smallest absolute Gasteiger partial charge is 0.0448 e. The molecule has 4 unspecified atom stereocenters. The van der Waals surface area contributed by atoms with Crippen LogP contribution in [0.2, 0.25) is 0 Å². The van der Waals surface area contributed by atoms with E-state index in [9.17, 15) is 0 Å². The molecule has 1 rings (SSSR count). The summed E-state index contributed by atoms with van der Waals surface area (Å²) in [5.41, 5.74) is 10.1. The Labute approximate surface area is 120 Å². The van der Waals surface area contributed by atoms with Gasteiger partial charge in [-0.25, -0.2) is 10.4 Å². The van der Waals surface area contributed by atoms with Crippen LogP contribution < -0.4 is 11.2 Å². The van der Waals surface area contributed by atoms with Crippen LogP contribution >= 0.6 is 0 Å². The normalized spacial score (nSPS) is 30.0. The maximum atomic E-state index is 6.14. The molecule has 0 spiro atoms. The first-order valence-electron chi connectivity index (χ1n) is 8.24. The molecule has 1 saturated heterocycles. The Kier molecular flexibility index (Phi) is 6.78. The average Bonchev–Trinajstić information content (AvgIpc) is 2.41. The summed E-state index contributed by atoms with van der Waals surface area (Å²) in [5.74, 6) is 0.728. The monoisotopic (exact) mass is 269 g/mol. The van der Waals surface area contributed by atoms with Gasteiger partial charge in [0.25, 0.3) is 0 Å². The van der Waals surface area contributed by atoms with Crippen LogP contribution in [-0.4, -0.2) is 29.2 Å². The van der Waals surface area contributed by atoms with Crippen molar-refractivity contribution in [1.29, 1.82) is 0 Å². The first kappa shape index (κ1) is 16.9. The molecule has 1 aliphatic heterocycles. The predicted molar refractivity (Wildman–Crippen MR) is 83.9 cm³/mol. The highest BCUT2D eigenvalue weighted by atomic mass is 15.6. The number of nitrogens with one attached hydrogen (secondary N) is 1. The van der Waals surface area contributed by atoms with Crippen molar-refractivity contribution < 1.29 is 0 Å². The number of hydrazine groups is 1. The van der Waals surface area contributed by atoms with Crippen molar-refractivity contribution in [3.63, 3.8) is 0 Å². The third-order valence-electron chi connectivity index (χ3n) is 5.06. The average molecular weight is 269 g/mol. The van der Waals surface area contributed by atoms with Crippen molar-refractivity contribution >= 4 is 0 Å². The van der Waals surface area contributed by atoms with E-state index in [4.69, 9.17) is 5.73 Å². The lowest BCUT2D eigenvalue weighted by molar-refractivity contribution is -0.00636. The van der Waals surface area contributed by atoms with Gasteiger partial charge in [-0.05, 0) is 45.4 Å². The molecular weight excluding hydrogens is 234 g/mol. The van der Waals surface area contributed by atoms with E-state index in [1.807, 2.05) is 0 Å². The number of rotatable bonds is 7. The Bertz CT molecular complexity index is 240. The van der Waals surface area contributed by atoms with Crippen LogP contribution in [0.15, 0.2) is 0 Å². The molecule has 0 amide bonds. The van der Waals surface area contributed by atoms with E-state index < -0.39 is 0 Å². The zero-order valence-electron chi connectivity index (χ0n) is 13.7. The quantitative estimate of drug-likeness (QED) is 0.745. The molecule has 1 aliphatic rings. The zero-order chi connectivity index (χ0) is 14.5. The Morgan fingerprint density at radius 3 is 2.26 bits per heavy atom. The van der Waals surface area contributed by atoms with Gasteiger partial charge >= 0.3 is 0 Å². The molecular formula is C16H35N3. The van der Waals surface area contributed by atoms with Gasteiger partial charge in [0, 0.05) is 24.2 Å². The van der Waals surface area contributed by atoms with Gasteiger partial charge in [0.15, 0.2) is 0 Å². The van der Waals surface area contributed by atoms with Crippen LogP contribution in [-0.2, 0) is 0 Å². The van der Waals surface area contributed by atoms with Crippen LogP contribution in [0.25, 0.3) is 0 Å². The first-order chi connectivity index (χ1) is 8.98. The third-order valence-corrected chi connectivity index (χ3v) is 5.06. The summed E-state index contributed by atoms with van der Waals surface area (Å²) in [6.45, 7) is 12.3. The summed E-state index contributed by atoms with van der Waals surface area (Å²) in [5, 5.41) is 2.49. The van der Waals surface area contributed by atoms with Gasteiger partial charge in [0.05, 0.1) is 0 Å². The van der Waals surface area contributed by atoms with E-state index in [1.54, 1.807) is 0 Å². The van der Waals surface area contributed by atoms with Crippen LogP contribution in [0.4, 0.5) is 0 Å². The van der Waals surface area contributed by atoms with Gasteiger partial charge in [-0.3, -0.25) is 0 Å². The van der Waals surface area contributed by atoms with E-state index in [0.29, 0.717) is 12.1 Å². The molecule has 0 aliphatic carbocycles. The van der Waals surface area contributed by atoms with Crippen LogP contribution in [0.3, 0.4) is 0 Å². The molecule has 0 aromatic rings. The molecule has 114 valence electrons. The molecule has 0 saturated carbocycles. The molecule has 0 radical (unpaired) electrons. The lowest BCUT2D eigenvalue weighted by atomic mass is 9.85. The molecule has 3 nitrogen and oxygen atoms in total. The Hall–Kier alpha value is -0.120. The van der Waals surface area contributed by atoms with Gasteiger partial charge in [0.2, 0.25) is 0 Å². The van der Waals surface area contributed by atoms with Gasteiger partial charge in [0.1, 0.15) is 0 Å². The van der Waals surface area contributed by atoms with Crippen molar-refractivity contribution in [2.45, 2.75) is 90.8 Å². The summed E-state index contributed by atoms with van der Waals surface area (Å²) < 4.78 is 0. The Morgan fingerprint density at radius 1 is 1.26 bits per heavy atom. The zero-order valence-corrected chi connectivity index (χ0v) is 13.7. The van der Waals surface area contributed by atoms with E-state index in [-0.39, 0.29) is 5.54 Å². The fourth-order valence-corrected chi connectivity index (χ4v) is 3.27. The summed E-state index contributed by atoms with van der Waals surface area (Å²) >= 11 is 0. The molecule has 3 N–H and O–H groups in total. The summed E-state index contributed by atoms with van der Waals surface area (Å²) in [7, 11) is 0. The number of nitrogens with zero attached hydrogens (tertiary/aromatic N) is 1. The van der Waals surface area contributed by atoms with Crippen molar-refractivity contribution in [2.75, 3.05) is 6.54 Å². The number of hydrogen-bond donors (Lipinski definition) is 2. The van der Waals surface area contributed by atoms with Crippen LogP contribution in [0.5, 0.6) is 0 Å². The maximum absolute atomic E-state index is 6.14. The second-order valence-electron chi connectivity index (χ2n) is 6.70. The van der Waals surface area contributed by atoms with Gasteiger partial charge in [-0.2, -0.15) is 0 Å². The Balaban J connectivity index is 2.75. The van der Waals surface area contributed by atoms with Gasteiger partial charge < -0.3 is 5.73 Å². The minimum atomic E-state index is 0.0787. The van der Waals surface area contributed by atoms with Crippen molar-refractivity contribution in [1.82, 2.24) is 10.4 Å². The van der Waals surface area contributed by atoms with Crippen molar-refractivity contribution in [2.24, 2.45) is 11.7 Å². The molecule has 4 atom stereocenters. The highest BCUT2D eigenvalue weighted by molar-refractivity contribution is 4.91.